The molecule has 1 aromatic carbocycles. The van der Waals surface area contributed by atoms with Crippen LogP contribution in [-0.2, 0) is 20.8 Å². The Bertz CT molecular complexity index is 669. The Morgan fingerprint density at radius 3 is 2.46 bits per heavy atom. The molecule has 1 aliphatic heterocycles. The van der Waals surface area contributed by atoms with E-state index in [9.17, 15) is 0 Å². The quantitative estimate of drug-likeness (QED) is 0.467. The van der Waals surface area contributed by atoms with Gasteiger partial charge in [0.25, 0.3) is 0 Å². The van der Waals surface area contributed by atoms with E-state index in [1.807, 2.05) is 38.1 Å². The molecule has 4 heteroatoms. The Balaban J connectivity index is 1.96. The Labute approximate surface area is 170 Å². The molecule has 1 aliphatic rings. The fraction of sp³-hybridized carbons (Fsp3) is 0.583. The number of benzene rings is 1. The van der Waals surface area contributed by atoms with E-state index >= 15 is 0 Å². The summed E-state index contributed by atoms with van der Waals surface area (Å²) in [6.07, 6.45) is 10.3. The molecule has 0 saturated carbocycles. The van der Waals surface area contributed by atoms with Gasteiger partial charge in [-0.1, -0.05) is 51.0 Å². The SMILES string of the molecule is C#C[C@@H]1C[C@H](/C=C/[C@H](C)[C@@H](OCc2ccc(OC)cc2)C(C)C)OC(C)(C)O1. The standard InChI is InChI=1S/C24H34O4/c1-8-20-15-22(28-24(5,6)27-20)12-9-18(4)23(17(2)3)26-16-19-10-13-21(25-7)14-11-19/h1,9-14,17-18,20,22-23H,15-16H2,2-7H3/b12-9+/t18-,20+,22-,23-/m0/s1. The van der Waals surface area contributed by atoms with Crippen molar-refractivity contribution in [3.05, 3.63) is 42.0 Å². The first kappa shape index (κ1) is 22.5. The second-order valence-corrected chi connectivity index (χ2v) is 8.18. The third-order valence-corrected chi connectivity index (χ3v) is 4.90. The topological polar surface area (TPSA) is 36.9 Å². The summed E-state index contributed by atoms with van der Waals surface area (Å²) in [4.78, 5) is 0. The maximum absolute atomic E-state index is 6.26. The van der Waals surface area contributed by atoms with Gasteiger partial charge in [-0.25, -0.2) is 0 Å². The Morgan fingerprint density at radius 2 is 1.89 bits per heavy atom. The third-order valence-electron chi connectivity index (χ3n) is 4.90. The molecule has 0 spiro atoms. The van der Waals surface area contributed by atoms with Gasteiger partial charge in [0, 0.05) is 12.3 Å². The van der Waals surface area contributed by atoms with Crippen molar-refractivity contribution in [2.45, 2.75) is 71.7 Å². The molecule has 0 amide bonds. The molecule has 4 atom stereocenters. The molecule has 2 rings (SSSR count). The summed E-state index contributed by atoms with van der Waals surface area (Å²) in [6, 6.07) is 7.99. The molecule has 0 bridgehead atoms. The first-order valence-electron chi connectivity index (χ1n) is 9.98. The maximum Gasteiger partial charge on any atom is 0.165 e. The maximum atomic E-state index is 6.26. The van der Waals surface area contributed by atoms with Crippen molar-refractivity contribution in [3.63, 3.8) is 0 Å². The largest absolute Gasteiger partial charge is 0.497 e. The average Bonchev–Trinajstić information content (AvgIpc) is 2.65. The molecular weight excluding hydrogens is 352 g/mol. The highest BCUT2D eigenvalue weighted by molar-refractivity contribution is 5.26. The Hall–Kier alpha value is -1.80. The van der Waals surface area contributed by atoms with E-state index in [2.05, 4.69) is 38.8 Å². The fourth-order valence-corrected chi connectivity index (χ4v) is 3.54. The zero-order valence-electron chi connectivity index (χ0n) is 18.0. The summed E-state index contributed by atoms with van der Waals surface area (Å²) < 4.78 is 23.2. The van der Waals surface area contributed by atoms with Crippen molar-refractivity contribution >= 4 is 0 Å². The summed E-state index contributed by atoms with van der Waals surface area (Å²) in [6.45, 7) is 10.9. The van der Waals surface area contributed by atoms with Crippen LogP contribution < -0.4 is 4.74 Å². The van der Waals surface area contributed by atoms with Crippen molar-refractivity contribution in [1.29, 1.82) is 0 Å². The van der Waals surface area contributed by atoms with E-state index in [1.165, 1.54) is 0 Å². The molecule has 1 fully saturated rings. The van der Waals surface area contributed by atoms with Crippen LogP contribution in [-0.4, -0.2) is 31.2 Å². The van der Waals surface area contributed by atoms with E-state index in [1.54, 1.807) is 7.11 Å². The Morgan fingerprint density at radius 1 is 1.21 bits per heavy atom. The van der Waals surface area contributed by atoms with Crippen LogP contribution in [0.4, 0.5) is 0 Å². The van der Waals surface area contributed by atoms with Gasteiger partial charge in [-0.2, -0.15) is 0 Å². The Kier molecular flexibility index (Phi) is 8.12. The van der Waals surface area contributed by atoms with E-state index in [0.717, 1.165) is 11.3 Å². The van der Waals surface area contributed by atoms with E-state index in [4.69, 9.17) is 25.4 Å². The van der Waals surface area contributed by atoms with Gasteiger partial charge in [0.15, 0.2) is 5.79 Å². The van der Waals surface area contributed by atoms with Gasteiger partial charge in [0.1, 0.15) is 11.9 Å². The van der Waals surface area contributed by atoms with Crippen molar-refractivity contribution in [1.82, 2.24) is 0 Å². The van der Waals surface area contributed by atoms with Gasteiger partial charge in [0.2, 0.25) is 0 Å². The lowest BCUT2D eigenvalue weighted by molar-refractivity contribution is -0.278. The molecule has 1 aromatic rings. The lowest BCUT2D eigenvalue weighted by Crippen LogP contribution is -2.43. The number of terminal acetylenes is 1. The van der Waals surface area contributed by atoms with Crippen LogP contribution in [0.1, 0.15) is 46.6 Å². The minimum absolute atomic E-state index is 0.0540. The van der Waals surface area contributed by atoms with Gasteiger partial charge >= 0.3 is 0 Å². The highest BCUT2D eigenvalue weighted by Crippen LogP contribution is 2.28. The smallest absolute Gasteiger partial charge is 0.165 e. The van der Waals surface area contributed by atoms with Crippen molar-refractivity contribution < 1.29 is 18.9 Å². The van der Waals surface area contributed by atoms with Crippen molar-refractivity contribution in [3.8, 4) is 18.1 Å². The van der Waals surface area contributed by atoms with Crippen LogP contribution >= 0.6 is 0 Å². The predicted molar refractivity (Wildman–Crippen MR) is 112 cm³/mol. The van der Waals surface area contributed by atoms with Crippen LogP contribution in [0.25, 0.3) is 0 Å². The fourth-order valence-electron chi connectivity index (χ4n) is 3.54. The number of hydrogen-bond donors (Lipinski definition) is 0. The average molecular weight is 387 g/mol. The van der Waals surface area contributed by atoms with Gasteiger partial charge < -0.3 is 18.9 Å². The second-order valence-electron chi connectivity index (χ2n) is 8.18. The van der Waals surface area contributed by atoms with Crippen molar-refractivity contribution in [2.75, 3.05) is 7.11 Å². The molecule has 4 nitrogen and oxygen atoms in total. The van der Waals surface area contributed by atoms with Crippen LogP contribution in [0.5, 0.6) is 5.75 Å². The summed E-state index contributed by atoms with van der Waals surface area (Å²) >= 11 is 0. The van der Waals surface area contributed by atoms with Crippen LogP contribution in [0.15, 0.2) is 36.4 Å². The molecular formula is C24H34O4. The molecule has 0 unspecified atom stereocenters. The van der Waals surface area contributed by atoms with Gasteiger partial charge in [-0.3, -0.25) is 0 Å². The van der Waals surface area contributed by atoms with E-state index < -0.39 is 5.79 Å². The molecule has 28 heavy (non-hydrogen) atoms. The predicted octanol–water partition coefficient (Wildman–Crippen LogP) is 4.97. The summed E-state index contributed by atoms with van der Waals surface area (Å²) in [5.41, 5.74) is 1.13. The third kappa shape index (κ3) is 6.67. The second kappa shape index (κ2) is 10.1. The van der Waals surface area contributed by atoms with Crippen LogP contribution in [0, 0.1) is 24.2 Å². The zero-order chi connectivity index (χ0) is 20.7. The van der Waals surface area contributed by atoms with E-state index in [0.29, 0.717) is 18.9 Å². The highest BCUT2D eigenvalue weighted by atomic mass is 16.7. The first-order valence-corrected chi connectivity index (χ1v) is 9.98. The lowest BCUT2D eigenvalue weighted by Gasteiger charge is -2.38. The minimum atomic E-state index is -0.671. The lowest BCUT2D eigenvalue weighted by atomic mass is 9.93. The van der Waals surface area contributed by atoms with Crippen LogP contribution in [0.2, 0.25) is 0 Å². The van der Waals surface area contributed by atoms with Crippen molar-refractivity contribution in [2.24, 2.45) is 11.8 Å². The molecule has 0 N–H and O–H groups in total. The number of hydrogen-bond acceptors (Lipinski definition) is 4. The van der Waals surface area contributed by atoms with E-state index in [-0.39, 0.29) is 24.2 Å². The summed E-state index contributed by atoms with van der Waals surface area (Å²) in [5.74, 6) is 3.52. The molecule has 154 valence electrons. The number of ether oxygens (including phenoxy) is 4. The summed E-state index contributed by atoms with van der Waals surface area (Å²) in [7, 11) is 1.67. The number of rotatable bonds is 8. The molecule has 1 saturated heterocycles. The molecule has 1 heterocycles. The minimum Gasteiger partial charge on any atom is -0.497 e. The molecule has 0 radical (unpaired) electrons. The van der Waals surface area contributed by atoms with Gasteiger partial charge in [-0.15, -0.1) is 6.42 Å². The molecule has 0 aliphatic carbocycles. The first-order chi connectivity index (χ1) is 13.2. The zero-order valence-corrected chi connectivity index (χ0v) is 18.0. The monoisotopic (exact) mass is 386 g/mol. The summed E-state index contributed by atoms with van der Waals surface area (Å²) in [5, 5.41) is 0. The normalized spacial score (nSPS) is 24.1. The van der Waals surface area contributed by atoms with Gasteiger partial charge in [-0.05, 0) is 37.5 Å². The van der Waals surface area contributed by atoms with Crippen LogP contribution in [0.3, 0.4) is 0 Å². The van der Waals surface area contributed by atoms with Gasteiger partial charge in [0.05, 0.1) is 25.9 Å². The highest BCUT2D eigenvalue weighted by Gasteiger charge is 2.33. The molecule has 0 aromatic heterocycles. The number of methoxy groups -OCH3 is 1.